The van der Waals surface area contributed by atoms with E-state index in [-0.39, 0.29) is 17.4 Å². The molecular formula is C19H20F3N5O2. The molecule has 0 atom stereocenters. The van der Waals surface area contributed by atoms with Crippen LogP contribution in [0.3, 0.4) is 0 Å². The Morgan fingerprint density at radius 2 is 1.86 bits per heavy atom. The summed E-state index contributed by atoms with van der Waals surface area (Å²) < 4.78 is 39.2. The lowest BCUT2D eigenvalue weighted by Gasteiger charge is -2.40. The van der Waals surface area contributed by atoms with E-state index in [9.17, 15) is 22.8 Å². The Bertz CT molecular complexity index is 1010. The summed E-state index contributed by atoms with van der Waals surface area (Å²) in [5.74, 6) is -1.02. The van der Waals surface area contributed by atoms with Crippen LogP contribution >= 0.6 is 0 Å². The molecule has 0 radical (unpaired) electrons. The fourth-order valence-corrected chi connectivity index (χ4v) is 3.87. The molecule has 4 rings (SSSR count). The zero-order valence-corrected chi connectivity index (χ0v) is 16.0. The summed E-state index contributed by atoms with van der Waals surface area (Å²) in [6, 6.07) is 1.59. The van der Waals surface area contributed by atoms with Crippen molar-refractivity contribution in [2.24, 2.45) is 13.0 Å². The average molecular weight is 407 g/mol. The number of pyridine rings is 1. The number of rotatable bonds is 3. The lowest BCUT2D eigenvalue weighted by molar-refractivity contribution is -0.145. The summed E-state index contributed by atoms with van der Waals surface area (Å²) in [5.41, 5.74) is 3.23. The van der Waals surface area contributed by atoms with Gasteiger partial charge in [-0.15, -0.1) is 0 Å². The van der Waals surface area contributed by atoms with Crippen molar-refractivity contribution in [2.45, 2.75) is 32.6 Å². The van der Waals surface area contributed by atoms with Gasteiger partial charge in [0, 0.05) is 50.8 Å². The van der Waals surface area contributed by atoms with Gasteiger partial charge in [-0.1, -0.05) is 0 Å². The van der Waals surface area contributed by atoms with Gasteiger partial charge in [0.15, 0.2) is 0 Å². The second kappa shape index (κ2) is 6.85. The highest BCUT2D eigenvalue weighted by Crippen LogP contribution is 2.31. The molecule has 7 nitrogen and oxygen atoms in total. The summed E-state index contributed by atoms with van der Waals surface area (Å²) >= 11 is 0. The number of fused-ring (bicyclic) bond motifs is 1. The van der Waals surface area contributed by atoms with Gasteiger partial charge >= 0.3 is 6.18 Å². The lowest BCUT2D eigenvalue weighted by atomic mass is 9.95. The molecule has 0 unspecified atom stereocenters. The molecule has 0 N–H and O–H groups in total. The van der Waals surface area contributed by atoms with E-state index in [0.29, 0.717) is 38.3 Å². The number of hydrogen-bond donors (Lipinski definition) is 0. The second-order valence-corrected chi connectivity index (χ2v) is 7.64. The average Bonchev–Trinajstić information content (AvgIpc) is 3.08. The Labute approximate surface area is 164 Å². The summed E-state index contributed by atoms with van der Waals surface area (Å²) in [6.45, 7) is 3.93. The third kappa shape index (κ3) is 3.58. The molecule has 4 heterocycles. The number of anilines is 1. The number of carbonyl (C=O) groups is 1. The van der Waals surface area contributed by atoms with Crippen LogP contribution in [0.2, 0.25) is 0 Å². The largest absolute Gasteiger partial charge is 0.451 e. The molecule has 0 aliphatic carbocycles. The van der Waals surface area contributed by atoms with E-state index in [2.05, 4.69) is 9.97 Å². The molecule has 154 valence electrons. The zero-order valence-electron chi connectivity index (χ0n) is 16.0. The van der Waals surface area contributed by atoms with E-state index >= 15 is 0 Å². The van der Waals surface area contributed by atoms with Gasteiger partial charge in [0.05, 0.1) is 24.6 Å². The topological polar surface area (TPSA) is 71.3 Å². The number of aryl methyl sites for hydroxylation is 1. The molecule has 2 aromatic heterocycles. The van der Waals surface area contributed by atoms with Gasteiger partial charge in [0.2, 0.25) is 11.7 Å². The molecule has 0 aromatic carbocycles. The number of carbonyl (C=O) groups excluding carboxylic acids is 1. The highest BCUT2D eigenvalue weighted by atomic mass is 19.4. The van der Waals surface area contributed by atoms with Crippen LogP contribution in [0.1, 0.15) is 29.1 Å². The van der Waals surface area contributed by atoms with E-state index < -0.39 is 12.0 Å². The third-order valence-electron chi connectivity index (χ3n) is 5.62. The van der Waals surface area contributed by atoms with Gasteiger partial charge in [-0.25, -0.2) is 9.97 Å². The zero-order chi connectivity index (χ0) is 20.9. The molecule has 0 saturated carbocycles. The van der Waals surface area contributed by atoms with Gasteiger partial charge in [-0.05, 0) is 18.1 Å². The summed E-state index contributed by atoms with van der Waals surface area (Å²) in [4.78, 5) is 35.0. The molecule has 29 heavy (non-hydrogen) atoms. The molecule has 1 amide bonds. The van der Waals surface area contributed by atoms with E-state index in [1.54, 1.807) is 22.6 Å². The van der Waals surface area contributed by atoms with Gasteiger partial charge in [0.25, 0.3) is 5.56 Å². The van der Waals surface area contributed by atoms with Crippen LogP contribution in [0.15, 0.2) is 23.3 Å². The summed E-state index contributed by atoms with van der Waals surface area (Å²) in [6.07, 6.45) is -1.88. The molecule has 2 aromatic rings. The lowest BCUT2D eigenvalue weighted by Crippen LogP contribution is -2.48. The standard InChI is InChI=1S/C19H20F3N5O2/c1-11-3-16(28)25(2)15-10-27(9-14(11)15)17(29)4-12-7-26(8-12)13-5-23-18(24-6-13)19(20,21)22/h3,5-6,12H,4,7-10H2,1-2H3. The van der Waals surface area contributed by atoms with Gasteiger partial charge in [-0.3, -0.25) is 9.59 Å². The Hall–Kier alpha value is -2.91. The van der Waals surface area contributed by atoms with E-state index in [0.717, 1.165) is 29.2 Å². The summed E-state index contributed by atoms with van der Waals surface area (Å²) in [7, 11) is 1.71. The maximum absolute atomic E-state index is 12.7. The molecule has 2 aliphatic rings. The Kier molecular flexibility index (Phi) is 4.59. The van der Waals surface area contributed by atoms with E-state index in [4.69, 9.17) is 0 Å². The number of nitrogens with zero attached hydrogens (tertiary/aromatic N) is 5. The SMILES string of the molecule is Cc1cc(=O)n(C)c2c1CN(C(=O)CC1CN(c3cnc(C(F)(F)F)nc3)C1)C2. The predicted octanol–water partition coefficient (Wildman–Crippen LogP) is 1.87. The smallest absolute Gasteiger partial charge is 0.368 e. The first-order valence-corrected chi connectivity index (χ1v) is 9.24. The second-order valence-electron chi connectivity index (χ2n) is 7.64. The number of alkyl halides is 3. The molecule has 10 heteroatoms. The molecule has 1 saturated heterocycles. The fourth-order valence-electron chi connectivity index (χ4n) is 3.87. The first kappa shape index (κ1) is 19.4. The first-order chi connectivity index (χ1) is 13.6. The number of aromatic nitrogens is 3. The van der Waals surface area contributed by atoms with Gasteiger partial charge in [-0.2, -0.15) is 13.2 Å². The number of hydrogen-bond acceptors (Lipinski definition) is 5. The Morgan fingerprint density at radius 1 is 1.21 bits per heavy atom. The normalized spacial score (nSPS) is 16.7. The minimum Gasteiger partial charge on any atom is -0.368 e. The number of amides is 1. The first-order valence-electron chi connectivity index (χ1n) is 9.24. The van der Waals surface area contributed by atoms with Crippen molar-refractivity contribution >= 4 is 11.6 Å². The molecule has 1 fully saturated rings. The van der Waals surface area contributed by atoms with Crippen LogP contribution in [0, 0.1) is 12.8 Å². The van der Waals surface area contributed by atoms with Crippen molar-refractivity contribution in [1.82, 2.24) is 19.4 Å². The van der Waals surface area contributed by atoms with Crippen molar-refractivity contribution in [3.63, 3.8) is 0 Å². The predicted molar refractivity (Wildman–Crippen MR) is 98.0 cm³/mol. The van der Waals surface area contributed by atoms with E-state index in [1.165, 1.54) is 0 Å². The summed E-state index contributed by atoms with van der Waals surface area (Å²) in [5, 5.41) is 0. The quantitative estimate of drug-likeness (QED) is 0.777. The van der Waals surface area contributed by atoms with Crippen LogP contribution in [0.4, 0.5) is 18.9 Å². The Balaban J connectivity index is 1.33. The molecule has 2 aliphatic heterocycles. The minimum atomic E-state index is -4.56. The maximum Gasteiger partial charge on any atom is 0.451 e. The molecule has 0 bridgehead atoms. The monoisotopic (exact) mass is 407 g/mol. The van der Waals surface area contributed by atoms with E-state index in [1.807, 2.05) is 11.8 Å². The van der Waals surface area contributed by atoms with Gasteiger partial charge in [0.1, 0.15) is 0 Å². The molecular weight excluding hydrogens is 387 g/mol. The maximum atomic E-state index is 12.7. The van der Waals surface area contributed by atoms with Crippen molar-refractivity contribution in [2.75, 3.05) is 18.0 Å². The van der Waals surface area contributed by atoms with Crippen LogP contribution < -0.4 is 10.5 Å². The number of halogens is 3. The van der Waals surface area contributed by atoms with Crippen LogP contribution in [0.5, 0.6) is 0 Å². The minimum absolute atomic E-state index is 0.0152. The van der Waals surface area contributed by atoms with Crippen LogP contribution in [-0.2, 0) is 31.1 Å². The van der Waals surface area contributed by atoms with Crippen molar-refractivity contribution in [3.05, 3.63) is 51.5 Å². The van der Waals surface area contributed by atoms with Crippen LogP contribution in [-0.4, -0.2) is 38.4 Å². The van der Waals surface area contributed by atoms with Crippen molar-refractivity contribution in [3.8, 4) is 0 Å². The van der Waals surface area contributed by atoms with Crippen LogP contribution in [0.25, 0.3) is 0 Å². The third-order valence-corrected chi connectivity index (χ3v) is 5.62. The fraction of sp³-hybridized carbons (Fsp3) is 0.474. The molecule has 0 spiro atoms. The van der Waals surface area contributed by atoms with Crippen molar-refractivity contribution < 1.29 is 18.0 Å². The highest BCUT2D eigenvalue weighted by molar-refractivity contribution is 5.77. The van der Waals surface area contributed by atoms with Crippen molar-refractivity contribution in [1.29, 1.82) is 0 Å². The van der Waals surface area contributed by atoms with Gasteiger partial charge < -0.3 is 14.4 Å². The Morgan fingerprint density at radius 3 is 2.48 bits per heavy atom. The highest BCUT2D eigenvalue weighted by Gasteiger charge is 2.36.